The lowest BCUT2D eigenvalue weighted by molar-refractivity contribution is -0.129. The van der Waals surface area contributed by atoms with Gasteiger partial charge in [0.05, 0.1) is 0 Å². The molecule has 0 bridgehead atoms. The van der Waals surface area contributed by atoms with Crippen LogP contribution >= 0.6 is 11.6 Å². The lowest BCUT2D eigenvalue weighted by Crippen LogP contribution is -2.35. The van der Waals surface area contributed by atoms with E-state index >= 15 is 0 Å². The Bertz CT molecular complexity index is 854. The standard InChI is InChI=1S/C18H16ClNO6/c1-10(26-18(23)13-7-12(19)3-4-14(13)21)17(22)20-8-11-2-5-15-16(6-11)25-9-24-15/h2-7,10,21H,8-9H2,1H3,(H,20,22)/t10-/m1/s1. The molecule has 7 nitrogen and oxygen atoms in total. The van der Waals surface area contributed by atoms with Gasteiger partial charge in [-0.05, 0) is 42.8 Å². The van der Waals surface area contributed by atoms with Crippen molar-refractivity contribution in [1.82, 2.24) is 5.32 Å². The smallest absolute Gasteiger partial charge is 0.342 e. The van der Waals surface area contributed by atoms with Gasteiger partial charge in [-0.3, -0.25) is 4.79 Å². The molecule has 2 aromatic rings. The molecule has 1 heterocycles. The fourth-order valence-electron chi connectivity index (χ4n) is 2.33. The van der Waals surface area contributed by atoms with Crippen LogP contribution in [0.4, 0.5) is 0 Å². The fraction of sp³-hybridized carbons (Fsp3) is 0.222. The molecule has 0 spiro atoms. The third-order valence-electron chi connectivity index (χ3n) is 3.74. The molecule has 0 unspecified atom stereocenters. The number of benzene rings is 2. The summed E-state index contributed by atoms with van der Waals surface area (Å²) in [6.07, 6.45) is -1.05. The van der Waals surface area contributed by atoms with E-state index in [1.165, 1.54) is 25.1 Å². The lowest BCUT2D eigenvalue weighted by Gasteiger charge is -2.14. The van der Waals surface area contributed by atoms with E-state index in [-0.39, 0.29) is 29.7 Å². The van der Waals surface area contributed by atoms with Crippen molar-refractivity contribution in [2.75, 3.05) is 6.79 Å². The molecular weight excluding hydrogens is 362 g/mol. The third-order valence-corrected chi connectivity index (χ3v) is 3.97. The third kappa shape index (κ3) is 4.00. The molecule has 26 heavy (non-hydrogen) atoms. The van der Waals surface area contributed by atoms with Crippen LogP contribution in [0.5, 0.6) is 17.2 Å². The normalized spacial score (nSPS) is 13.2. The maximum atomic E-state index is 12.1. The minimum absolute atomic E-state index is 0.104. The van der Waals surface area contributed by atoms with Gasteiger partial charge in [0.15, 0.2) is 17.6 Å². The molecule has 8 heteroatoms. The molecule has 0 saturated carbocycles. The molecule has 0 radical (unpaired) electrons. The van der Waals surface area contributed by atoms with Gasteiger partial charge in [0, 0.05) is 11.6 Å². The molecule has 1 amide bonds. The van der Waals surface area contributed by atoms with Crippen molar-refractivity contribution in [3.63, 3.8) is 0 Å². The molecular formula is C18H16ClNO6. The number of amides is 1. The summed E-state index contributed by atoms with van der Waals surface area (Å²) in [6.45, 7) is 1.85. The van der Waals surface area contributed by atoms with E-state index in [1.807, 2.05) is 0 Å². The molecule has 0 aliphatic carbocycles. The van der Waals surface area contributed by atoms with Gasteiger partial charge in [-0.1, -0.05) is 17.7 Å². The van der Waals surface area contributed by atoms with Crippen LogP contribution in [0.1, 0.15) is 22.8 Å². The first kappa shape index (κ1) is 17.9. The molecule has 0 fully saturated rings. The van der Waals surface area contributed by atoms with Crippen molar-refractivity contribution in [3.8, 4) is 17.2 Å². The van der Waals surface area contributed by atoms with E-state index in [9.17, 15) is 14.7 Å². The van der Waals surface area contributed by atoms with E-state index in [4.69, 9.17) is 25.8 Å². The Morgan fingerprint density at radius 1 is 1.23 bits per heavy atom. The van der Waals surface area contributed by atoms with Crippen molar-refractivity contribution in [3.05, 3.63) is 52.5 Å². The molecule has 1 aliphatic rings. The van der Waals surface area contributed by atoms with Crippen LogP contribution in [0.2, 0.25) is 5.02 Å². The number of hydrogen-bond donors (Lipinski definition) is 2. The Hall–Kier alpha value is -2.93. The molecule has 0 aromatic heterocycles. The number of carbonyl (C=O) groups is 2. The highest BCUT2D eigenvalue weighted by atomic mass is 35.5. The van der Waals surface area contributed by atoms with Crippen LogP contribution < -0.4 is 14.8 Å². The SMILES string of the molecule is C[C@@H](OC(=O)c1cc(Cl)ccc1O)C(=O)NCc1ccc2c(c1)OCO2. The predicted molar refractivity (Wildman–Crippen MR) is 92.4 cm³/mol. The topological polar surface area (TPSA) is 94.1 Å². The summed E-state index contributed by atoms with van der Waals surface area (Å²) in [6, 6.07) is 9.32. The first-order chi connectivity index (χ1) is 12.4. The van der Waals surface area contributed by atoms with Gasteiger partial charge in [0.2, 0.25) is 6.79 Å². The van der Waals surface area contributed by atoms with Gasteiger partial charge < -0.3 is 24.6 Å². The Morgan fingerprint density at radius 2 is 2.00 bits per heavy atom. The molecule has 136 valence electrons. The largest absolute Gasteiger partial charge is 0.507 e. The van der Waals surface area contributed by atoms with E-state index in [1.54, 1.807) is 18.2 Å². The molecule has 1 atom stereocenters. The highest BCUT2D eigenvalue weighted by Gasteiger charge is 2.21. The summed E-state index contributed by atoms with van der Waals surface area (Å²) in [5, 5.41) is 12.6. The summed E-state index contributed by atoms with van der Waals surface area (Å²) >= 11 is 5.80. The predicted octanol–water partition coefficient (Wildman–Crippen LogP) is 2.64. The number of hydrogen-bond acceptors (Lipinski definition) is 6. The number of esters is 1. The zero-order valence-electron chi connectivity index (χ0n) is 13.8. The van der Waals surface area contributed by atoms with Crippen LogP contribution in [-0.2, 0) is 16.1 Å². The van der Waals surface area contributed by atoms with Crippen LogP contribution in [0.3, 0.4) is 0 Å². The average molecular weight is 378 g/mol. The summed E-state index contributed by atoms with van der Waals surface area (Å²) in [5.41, 5.74) is 0.710. The monoisotopic (exact) mass is 377 g/mol. The van der Waals surface area contributed by atoms with Crippen molar-refractivity contribution >= 4 is 23.5 Å². The number of aromatic hydroxyl groups is 1. The first-order valence-electron chi connectivity index (χ1n) is 7.80. The highest BCUT2D eigenvalue weighted by Crippen LogP contribution is 2.32. The lowest BCUT2D eigenvalue weighted by atomic mass is 10.2. The van der Waals surface area contributed by atoms with Crippen molar-refractivity contribution in [2.45, 2.75) is 19.6 Å². The van der Waals surface area contributed by atoms with E-state index in [2.05, 4.69) is 5.32 Å². The number of carbonyl (C=O) groups excluding carboxylic acids is 2. The number of ether oxygens (including phenoxy) is 3. The van der Waals surface area contributed by atoms with Gasteiger partial charge in [0.25, 0.3) is 5.91 Å². The van der Waals surface area contributed by atoms with Gasteiger partial charge in [-0.2, -0.15) is 0 Å². The van der Waals surface area contributed by atoms with Crippen molar-refractivity contribution in [1.29, 1.82) is 0 Å². The number of phenols is 1. The summed E-state index contributed by atoms with van der Waals surface area (Å²) in [4.78, 5) is 24.2. The summed E-state index contributed by atoms with van der Waals surface area (Å²) in [5.74, 6) is -0.308. The Labute approximate surface area is 154 Å². The average Bonchev–Trinajstić information content (AvgIpc) is 3.09. The zero-order valence-corrected chi connectivity index (χ0v) is 14.6. The van der Waals surface area contributed by atoms with Gasteiger partial charge in [-0.25, -0.2) is 4.79 Å². The number of nitrogens with one attached hydrogen (secondary N) is 1. The Morgan fingerprint density at radius 3 is 2.81 bits per heavy atom. The summed E-state index contributed by atoms with van der Waals surface area (Å²) in [7, 11) is 0. The number of rotatable bonds is 5. The zero-order chi connectivity index (χ0) is 18.7. The number of phenolic OH excluding ortho intramolecular Hbond substituents is 1. The van der Waals surface area contributed by atoms with Gasteiger partial charge in [-0.15, -0.1) is 0 Å². The second-order valence-electron chi connectivity index (χ2n) is 5.61. The second-order valence-corrected chi connectivity index (χ2v) is 6.05. The molecule has 3 rings (SSSR count). The minimum Gasteiger partial charge on any atom is -0.507 e. The Balaban J connectivity index is 1.56. The van der Waals surface area contributed by atoms with E-state index < -0.39 is 18.0 Å². The molecule has 1 aliphatic heterocycles. The molecule has 2 aromatic carbocycles. The highest BCUT2D eigenvalue weighted by molar-refractivity contribution is 6.31. The summed E-state index contributed by atoms with van der Waals surface area (Å²) < 4.78 is 15.6. The molecule has 0 saturated heterocycles. The van der Waals surface area contributed by atoms with Gasteiger partial charge >= 0.3 is 5.97 Å². The molecule has 2 N–H and O–H groups in total. The van der Waals surface area contributed by atoms with Crippen molar-refractivity contribution < 1.29 is 28.9 Å². The van der Waals surface area contributed by atoms with E-state index in [0.717, 1.165) is 5.56 Å². The fourth-order valence-corrected chi connectivity index (χ4v) is 2.51. The minimum atomic E-state index is -1.05. The second kappa shape index (κ2) is 7.53. The van der Waals surface area contributed by atoms with E-state index in [0.29, 0.717) is 11.5 Å². The first-order valence-corrected chi connectivity index (χ1v) is 8.17. The van der Waals surface area contributed by atoms with Crippen molar-refractivity contribution in [2.24, 2.45) is 0 Å². The maximum Gasteiger partial charge on any atom is 0.342 e. The quantitative estimate of drug-likeness (QED) is 0.778. The number of halogens is 1. The van der Waals surface area contributed by atoms with Crippen LogP contribution in [0.25, 0.3) is 0 Å². The Kier molecular flexibility index (Phi) is 5.18. The van der Waals surface area contributed by atoms with Gasteiger partial charge in [0.1, 0.15) is 11.3 Å². The number of fused-ring (bicyclic) bond motifs is 1. The van der Waals surface area contributed by atoms with Crippen LogP contribution in [0, 0.1) is 0 Å². The van der Waals surface area contributed by atoms with Crippen LogP contribution in [0.15, 0.2) is 36.4 Å². The van der Waals surface area contributed by atoms with Crippen LogP contribution in [-0.4, -0.2) is 29.9 Å². The maximum absolute atomic E-state index is 12.1.